The second-order valence-corrected chi connectivity index (χ2v) is 8.58. The second kappa shape index (κ2) is 11.0. The predicted octanol–water partition coefficient (Wildman–Crippen LogP) is 4.04. The molecule has 178 valence electrons. The van der Waals surface area contributed by atoms with Crippen molar-refractivity contribution in [2.45, 2.75) is 13.5 Å². The highest BCUT2D eigenvalue weighted by molar-refractivity contribution is 6.40. The molecule has 11 heteroatoms. The lowest BCUT2D eigenvalue weighted by Crippen LogP contribution is -2.37. The Balaban J connectivity index is 1.50. The molecule has 1 saturated heterocycles. The molecule has 0 spiro atoms. The fourth-order valence-electron chi connectivity index (χ4n) is 3.57. The SMILES string of the molecule is CNCc1cc(Cl)c(C(=O)Nc2ccnc(Nc3cc(C)nc(N4CCOCC4)n3)c2)c(Cl)c1. The fourth-order valence-corrected chi connectivity index (χ4v) is 4.28. The second-order valence-electron chi connectivity index (χ2n) is 7.77. The molecule has 3 aromatic rings. The van der Waals surface area contributed by atoms with Crippen LogP contribution in [0.3, 0.4) is 0 Å². The van der Waals surface area contributed by atoms with E-state index in [4.69, 9.17) is 27.9 Å². The van der Waals surface area contributed by atoms with Crippen LogP contribution in [-0.4, -0.2) is 54.2 Å². The van der Waals surface area contributed by atoms with Gasteiger partial charge in [0.1, 0.15) is 11.6 Å². The number of rotatable bonds is 7. The third kappa shape index (κ3) is 5.92. The molecular weight excluding hydrogens is 477 g/mol. The van der Waals surface area contributed by atoms with Crippen molar-refractivity contribution < 1.29 is 9.53 Å². The molecule has 2 aromatic heterocycles. The number of hydrogen-bond acceptors (Lipinski definition) is 8. The quantitative estimate of drug-likeness (QED) is 0.445. The van der Waals surface area contributed by atoms with E-state index in [0.717, 1.165) is 24.3 Å². The number of carbonyl (C=O) groups is 1. The van der Waals surface area contributed by atoms with Crippen molar-refractivity contribution in [3.8, 4) is 0 Å². The molecule has 9 nitrogen and oxygen atoms in total. The molecule has 0 unspecified atom stereocenters. The Morgan fingerprint density at radius 3 is 2.53 bits per heavy atom. The van der Waals surface area contributed by atoms with Gasteiger partial charge in [0, 0.05) is 49.3 Å². The number of anilines is 4. The van der Waals surface area contributed by atoms with E-state index in [2.05, 4.69) is 35.8 Å². The minimum atomic E-state index is -0.407. The number of benzene rings is 1. The number of morpholine rings is 1. The van der Waals surface area contributed by atoms with Crippen LogP contribution in [0.1, 0.15) is 21.6 Å². The lowest BCUT2D eigenvalue weighted by Gasteiger charge is -2.27. The summed E-state index contributed by atoms with van der Waals surface area (Å²) in [6, 6.07) is 8.68. The number of ether oxygens (including phenoxy) is 1. The largest absolute Gasteiger partial charge is 0.378 e. The summed E-state index contributed by atoms with van der Waals surface area (Å²) in [4.78, 5) is 28.5. The number of hydrogen-bond donors (Lipinski definition) is 3. The van der Waals surface area contributed by atoms with E-state index < -0.39 is 5.91 Å². The average molecular weight is 502 g/mol. The van der Waals surface area contributed by atoms with E-state index in [1.807, 2.05) is 20.0 Å². The maximum absolute atomic E-state index is 12.9. The summed E-state index contributed by atoms with van der Waals surface area (Å²) < 4.78 is 5.41. The van der Waals surface area contributed by atoms with Gasteiger partial charge >= 0.3 is 0 Å². The van der Waals surface area contributed by atoms with Crippen LogP contribution in [0.2, 0.25) is 10.0 Å². The van der Waals surface area contributed by atoms with Crippen LogP contribution in [-0.2, 0) is 11.3 Å². The van der Waals surface area contributed by atoms with Crippen molar-refractivity contribution >= 4 is 52.4 Å². The molecule has 1 fully saturated rings. The third-order valence-electron chi connectivity index (χ3n) is 5.12. The summed E-state index contributed by atoms with van der Waals surface area (Å²) in [7, 11) is 1.82. The first-order chi connectivity index (χ1) is 16.4. The lowest BCUT2D eigenvalue weighted by atomic mass is 10.1. The molecule has 0 saturated carbocycles. The van der Waals surface area contributed by atoms with Crippen LogP contribution in [0.25, 0.3) is 0 Å². The van der Waals surface area contributed by atoms with E-state index in [-0.39, 0.29) is 15.6 Å². The summed E-state index contributed by atoms with van der Waals surface area (Å²) in [6.45, 7) is 5.28. The van der Waals surface area contributed by atoms with Gasteiger partial charge < -0.3 is 25.6 Å². The Morgan fingerprint density at radius 2 is 1.82 bits per heavy atom. The molecule has 3 heterocycles. The zero-order valence-electron chi connectivity index (χ0n) is 18.9. The molecule has 0 atom stereocenters. The van der Waals surface area contributed by atoms with Gasteiger partial charge in [-0.3, -0.25) is 4.79 Å². The van der Waals surface area contributed by atoms with Crippen molar-refractivity contribution in [1.29, 1.82) is 0 Å². The molecule has 1 aliphatic heterocycles. The molecule has 34 heavy (non-hydrogen) atoms. The van der Waals surface area contributed by atoms with E-state index in [0.29, 0.717) is 43.0 Å². The Kier molecular flexibility index (Phi) is 7.79. The summed E-state index contributed by atoms with van der Waals surface area (Å²) in [5, 5.41) is 9.63. The van der Waals surface area contributed by atoms with Crippen LogP contribution in [0, 0.1) is 6.92 Å². The van der Waals surface area contributed by atoms with Gasteiger partial charge in [-0.1, -0.05) is 23.2 Å². The maximum Gasteiger partial charge on any atom is 0.258 e. The van der Waals surface area contributed by atoms with Gasteiger partial charge in [-0.15, -0.1) is 0 Å². The van der Waals surface area contributed by atoms with Crippen LogP contribution in [0.15, 0.2) is 36.5 Å². The van der Waals surface area contributed by atoms with Crippen LogP contribution in [0.5, 0.6) is 0 Å². The normalized spacial score (nSPS) is 13.6. The van der Waals surface area contributed by atoms with Crippen molar-refractivity contribution in [2.24, 2.45) is 0 Å². The summed E-state index contributed by atoms with van der Waals surface area (Å²) in [5.74, 6) is 1.36. The third-order valence-corrected chi connectivity index (χ3v) is 5.72. The Morgan fingerprint density at radius 1 is 1.09 bits per heavy atom. The number of halogens is 2. The van der Waals surface area contributed by atoms with Crippen molar-refractivity contribution in [3.05, 3.63) is 63.4 Å². The van der Waals surface area contributed by atoms with E-state index in [9.17, 15) is 4.79 Å². The Bertz CT molecular complexity index is 1160. The average Bonchev–Trinajstić information content (AvgIpc) is 2.79. The van der Waals surface area contributed by atoms with Crippen LogP contribution < -0.4 is 20.9 Å². The molecule has 1 aromatic carbocycles. The first-order valence-corrected chi connectivity index (χ1v) is 11.5. The zero-order valence-corrected chi connectivity index (χ0v) is 20.4. The minimum absolute atomic E-state index is 0.219. The smallest absolute Gasteiger partial charge is 0.258 e. The summed E-state index contributed by atoms with van der Waals surface area (Å²) in [5.41, 5.74) is 2.47. The highest BCUT2D eigenvalue weighted by atomic mass is 35.5. The molecule has 4 rings (SSSR count). The fraction of sp³-hybridized carbons (Fsp3) is 0.304. The predicted molar refractivity (Wildman–Crippen MR) is 134 cm³/mol. The summed E-state index contributed by atoms with van der Waals surface area (Å²) >= 11 is 12.7. The minimum Gasteiger partial charge on any atom is -0.378 e. The molecule has 0 aliphatic carbocycles. The molecular formula is C23H25Cl2N7O2. The number of carbonyl (C=O) groups excluding carboxylic acids is 1. The number of amides is 1. The maximum atomic E-state index is 12.9. The monoisotopic (exact) mass is 501 g/mol. The Hall–Kier alpha value is -2.98. The first kappa shape index (κ1) is 24.2. The number of nitrogens with one attached hydrogen (secondary N) is 3. The number of pyridine rings is 1. The van der Waals surface area contributed by atoms with E-state index >= 15 is 0 Å². The highest BCUT2D eigenvalue weighted by Crippen LogP contribution is 2.28. The van der Waals surface area contributed by atoms with Crippen molar-refractivity contribution in [3.63, 3.8) is 0 Å². The van der Waals surface area contributed by atoms with Crippen LogP contribution in [0.4, 0.5) is 23.3 Å². The van der Waals surface area contributed by atoms with Crippen molar-refractivity contribution in [2.75, 3.05) is 48.9 Å². The van der Waals surface area contributed by atoms with Crippen LogP contribution >= 0.6 is 23.2 Å². The number of aryl methyl sites for hydroxylation is 1. The summed E-state index contributed by atoms with van der Waals surface area (Å²) in [6.07, 6.45) is 1.59. The highest BCUT2D eigenvalue weighted by Gasteiger charge is 2.18. The zero-order chi connectivity index (χ0) is 24.1. The molecule has 0 bridgehead atoms. The lowest BCUT2D eigenvalue weighted by molar-refractivity contribution is 0.102. The van der Waals surface area contributed by atoms with Crippen molar-refractivity contribution in [1.82, 2.24) is 20.3 Å². The van der Waals surface area contributed by atoms with E-state index in [1.54, 1.807) is 30.5 Å². The van der Waals surface area contributed by atoms with E-state index in [1.165, 1.54) is 0 Å². The van der Waals surface area contributed by atoms with Gasteiger partial charge in [0.25, 0.3) is 5.91 Å². The van der Waals surface area contributed by atoms with Gasteiger partial charge in [0.15, 0.2) is 0 Å². The van der Waals surface area contributed by atoms with Gasteiger partial charge in [0.2, 0.25) is 5.95 Å². The first-order valence-electron chi connectivity index (χ1n) is 10.8. The topological polar surface area (TPSA) is 104 Å². The molecule has 1 amide bonds. The van der Waals surface area contributed by atoms with Gasteiger partial charge in [0.05, 0.1) is 28.8 Å². The Labute approximate surface area is 207 Å². The molecule has 1 aliphatic rings. The van der Waals surface area contributed by atoms with Gasteiger partial charge in [-0.05, 0) is 37.7 Å². The number of nitrogens with zero attached hydrogens (tertiary/aromatic N) is 4. The standard InChI is InChI=1S/C23H25Cl2N7O2/c1-14-9-20(31-23(28-14)32-5-7-34-8-6-32)30-19-12-16(3-4-27-19)29-22(33)21-17(24)10-15(13-26-2)11-18(21)25/h3-4,9-12,26H,5-8,13H2,1-2H3,(H2,27,28,29,30,31,33). The number of aromatic nitrogens is 3. The molecule has 0 radical (unpaired) electrons. The van der Waals surface area contributed by atoms with Gasteiger partial charge in [-0.2, -0.15) is 4.98 Å². The molecule has 3 N–H and O–H groups in total. The van der Waals surface area contributed by atoms with Gasteiger partial charge in [-0.25, -0.2) is 9.97 Å².